The summed E-state index contributed by atoms with van der Waals surface area (Å²) in [6, 6.07) is 4.02. The molecule has 0 aliphatic heterocycles. The molecule has 0 spiro atoms. The highest BCUT2D eigenvalue weighted by Crippen LogP contribution is 2.22. The van der Waals surface area contributed by atoms with Crippen LogP contribution < -0.4 is 0 Å². The van der Waals surface area contributed by atoms with Gasteiger partial charge in [-0.15, -0.1) is 0 Å². The average molecular weight is 423 g/mol. The summed E-state index contributed by atoms with van der Waals surface area (Å²) in [6.45, 7) is 12.0. The predicted molar refractivity (Wildman–Crippen MR) is 121 cm³/mol. The van der Waals surface area contributed by atoms with Gasteiger partial charge in [-0.3, -0.25) is 14.2 Å². The van der Waals surface area contributed by atoms with Gasteiger partial charge in [-0.1, -0.05) is 77.0 Å². The van der Waals surface area contributed by atoms with Crippen molar-refractivity contribution >= 4 is 20.9 Å². The molecule has 0 radical (unpaired) electrons. The Kier molecular flexibility index (Phi) is 14.5. The molecule has 1 aromatic carbocycles. The Bertz CT molecular complexity index is 617. The van der Waals surface area contributed by atoms with Gasteiger partial charge in [0.2, 0.25) is 5.78 Å². The minimum atomic E-state index is -0.706. The number of aryl methyl sites for hydroxylation is 3. The van der Waals surface area contributed by atoms with E-state index in [9.17, 15) is 9.59 Å². The van der Waals surface area contributed by atoms with Crippen molar-refractivity contribution in [1.29, 1.82) is 0 Å². The molecule has 5 heteroatoms. The van der Waals surface area contributed by atoms with Gasteiger partial charge in [-0.25, -0.2) is 0 Å². The quantitative estimate of drug-likeness (QED) is 0.158. The van der Waals surface area contributed by atoms with Crippen LogP contribution in [0, 0.1) is 26.7 Å². The molecule has 1 unspecified atom stereocenters. The molecule has 164 valence electrons. The van der Waals surface area contributed by atoms with Crippen LogP contribution in [0.5, 0.6) is 0 Å². The molecule has 0 heterocycles. The lowest BCUT2D eigenvalue weighted by atomic mass is 9.90. The van der Waals surface area contributed by atoms with Crippen LogP contribution in [0.4, 0.5) is 0 Å². The van der Waals surface area contributed by atoms with Crippen LogP contribution in [0.3, 0.4) is 0 Å². The fourth-order valence-electron chi connectivity index (χ4n) is 3.63. The first kappa shape index (κ1) is 27.5. The molecule has 4 nitrogen and oxygen atoms in total. The molecule has 0 aliphatic carbocycles. The number of Topliss-reactive ketones (excluding diaryl/α,β-unsaturated/α-hetero) is 1. The second kappa shape index (κ2) is 15.3. The van der Waals surface area contributed by atoms with E-state index < -0.39 is 6.10 Å². The summed E-state index contributed by atoms with van der Waals surface area (Å²) in [5, 5.41) is 0. The summed E-state index contributed by atoms with van der Waals surface area (Å²) < 4.78 is 13.7. The Hall–Kier alpha value is -1.54. The Morgan fingerprint density at radius 2 is 1.38 bits per heavy atom. The fraction of sp³-hybridized carbons (Fsp3) is 0.667. The van der Waals surface area contributed by atoms with Crippen molar-refractivity contribution in [3.05, 3.63) is 34.4 Å². The molecule has 0 fully saturated rings. The molecule has 0 saturated heterocycles. The Morgan fingerprint density at radius 3 is 1.86 bits per heavy atom. The summed E-state index contributed by atoms with van der Waals surface area (Å²) in [5.41, 5.74) is 3.74. The van der Waals surface area contributed by atoms with E-state index in [1.165, 1.54) is 32.1 Å². The maximum absolute atomic E-state index is 13.1. The van der Waals surface area contributed by atoms with Gasteiger partial charge in [0.05, 0.1) is 0 Å². The van der Waals surface area contributed by atoms with Crippen molar-refractivity contribution in [3.63, 3.8) is 0 Å². The number of carbonyl (C=O) groups excluding carboxylic acids is 2. The third-order valence-electron chi connectivity index (χ3n) is 5.03. The molecule has 29 heavy (non-hydrogen) atoms. The van der Waals surface area contributed by atoms with Gasteiger partial charge in [0.1, 0.15) is 9.12 Å². The molecule has 0 saturated carbocycles. The first-order valence-electron chi connectivity index (χ1n) is 10.8. The van der Waals surface area contributed by atoms with E-state index in [0.717, 1.165) is 29.5 Å². The van der Waals surface area contributed by atoms with Gasteiger partial charge in [-0.2, -0.15) is 0 Å². The predicted octanol–water partition coefficient (Wildman–Crippen LogP) is 6.98. The molecule has 1 rings (SSSR count). The Balaban J connectivity index is 0.00000379. The van der Waals surface area contributed by atoms with Gasteiger partial charge in [0, 0.05) is 12.0 Å². The van der Waals surface area contributed by atoms with Crippen LogP contribution in [0.1, 0.15) is 99.2 Å². The van der Waals surface area contributed by atoms with Crippen LogP contribution >= 0.6 is 9.12 Å². The summed E-state index contributed by atoms with van der Waals surface area (Å²) >= 11 is 0. The largest absolute Gasteiger partial charge is 0.454 e. The van der Waals surface area contributed by atoms with E-state index >= 15 is 0 Å². The molecule has 1 atom stereocenters. The van der Waals surface area contributed by atoms with E-state index in [0.29, 0.717) is 12.0 Å². The highest BCUT2D eigenvalue weighted by atomic mass is 31.0. The van der Waals surface area contributed by atoms with Crippen LogP contribution in [0.2, 0.25) is 0 Å². The zero-order valence-corrected chi connectivity index (χ0v) is 20.1. The normalized spacial score (nSPS) is 11.6. The molecule has 0 aromatic heterocycles. The molecular formula is C24H39O4P. The number of esters is 1. The van der Waals surface area contributed by atoms with Gasteiger partial charge >= 0.3 is 5.97 Å². The van der Waals surface area contributed by atoms with Crippen LogP contribution in [0.25, 0.3) is 0 Å². The summed E-state index contributed by atoms with van der Waals surface area (Å²) in [4.78, 5) is 25.4. The average Bonchev–Trinajstić information content (AvgIpc) is 2.65. The third-order valence-corrected chi connectivity index (χ3v) is 5.03. The molecule has 0 bridgehead atoms. The maximum Gasteiger partial charge on any atom is 0.306 e. The van der Waals surface area contributed by atoms with E-state index in [2.05, 4.69) is 6.92 Å². The Labute approximate surface area is 179 Å². The second-order valence-corrected chi connectivity index (χ2v) is 8.16. The van der Waals surface area contributed by atoms with Crippen molar-refractivity contribution in [2.45, 2.75) is 99.0 Å². The van der Waals surface area contributed by atoms with Crippen molar-refractivity contribution in [3.8, 4) is 0 Å². The topological polar surface area (TPSA) is 60.4 Å². The van der Waals surface area contributed by atoms with Gasteiger partial charge in [0.25, 0.3) is 0 Å². The fourth-order valence-corrected chi connectivity index (χ4v) is 3.63. The second-order valence-electron chi connectivity index (χ2n) is 8.16. The van der Waals surface area contributed by atoms with Gasteiger partial charge < -0.3 is 4.74 Å². The lowest BCUT2D eigenvalue weighted by Crippen LogP contribution is -2.33. The minimum absolute atomic E-state index is 0.0457. The number of hydrogen-bond acceptors (Lipinski definition) is 4. The zero-order valence-electron chi connectivity index (χ0n) is 19.1. The van der Waals surface area contributed by atoms with Gasteiger partial charge in [0.15, 0.2) is 6.10 Å². The lowest BCUT2D eigenvalue weighted by molar-refractivity contribution is -0.148. The number of ketones is 1. The van der Waals surface area contributed by atoms with Crippen LogP contribution in [-0.2, 0) is 14.1 Å². The van der Waals surface area contributed by atoms with Crippen LogP contribution in [-0.4, -0.2) is 17.9 Å². The number of benzene rings is 1. The minimum Gasteiger partial charge on any atom is -0.454 e. The van der Waals surface area contributed by atoms with Crippen LogP contribution in [0.15, 0.2) is 12.1 Å². The number of rotatable bonds is 12. The number of unbranched alkanes of at least 4 members (excludes halogenated alkanes) is 6. The summed E-state index contributed by atoms with van der Waals surface area (Å²) in [5.74, 6) is -0.374. The zero-order chi connectivity index (χ0) is 22.4. The molecule has 1 aromatic rings. The first-order valence-corrected chi connectivity index (χ1v) is 11.2. The van der Waals surface area contributed by atoms with Crippen molar-refractivity contribution in [2.24, 2.45) is 5.92 Å². The van der Waals surface area contributed by atoms with E-state index in [-0.39, 0.29) is 17.7 Å². The summed E-state index contributed by atoms with van der Waals surface area (Å²) in [6.07, 6.45) is 7.80. The molecule has 0 aliphatic rings. The molecular weight excluding hydrogens is 383 g/mol. The lowest BCUT2D eigenvalue weighted by Gasteiger charge is -2.22. The van der Waals surface area contributed by atoms with Crippen molar-refractivity contribution in [1.82, 2.24) is 0 Å². The van der Waals surface area contributed by atoms with Crippen molar-refractivity contribution in [2.75, 3.05) is 0 Å². The smallest absolute Gasteiger partial charge is 0.306 e. The van der Waals surface area contributed by atoms with E-state index in [4.69, 9.17) is 9.30 Å². The van der Waals surface area contributed by atoms with Crippen molar-refractivity contribution < 1.29 is 18.9 Å². The monoisotopic (exact) mass is 422 g/mol. The maximum atomic E-state index is 13.1. The Morgan fingerprint density at radius 1 is 0.897 bits per heavy atom. The number of hydrogen-bond donors (Lipinski definition) is 0. The highest BCUT2D eigenvalue weighted by molar-refractivity contribution is 7.00. The summed E-state index contributed by atoms with van der Waals surface area (Å²) in [7, 11) is 1.72. The standard InChI is InChI=1S/C24H38O3.HOP/c1-7-8-9-10-11-12-13-14-21(25)27-24(17(2)3)23(26)22-19(5)15-18(4)16-20(22)6;1-2/h15-17,24H,7-14H2,1-6H3;2H. The first-order chi connectivity index (χ1) is 13.8. The molecule has 0 amide bonds. The van der Waals surface area contributed by atoms with E-state index in [1.807, 2.05) is 46.8 Å². The highest BCUT2D eigenvalue weighted by Gasteiger charge is 2.29. The number of carbonyl (C=O) groups is 2. The molecule has 0 N–H and O–H groups in total. The van der Waals surface area contributed by atoms with Gasteiger partial charge in [-0.05, 0) is 44.2 Å². The van der Waals surface area contributed by atoms with E-state index in [1.54, 1.807) is 9.12 Å². The SMILES string of the molecule is CCCCCCCCCC(=O)OC(C(=O)c1c(C)cc(C)cc1C)C(C)C.O=P. The number of ether oxygens (including phenoxy) is 1. The third kappa shape index (κ3) is 10.2.